The van der Waals surface area contributed by atoms with E-state index in [4.69, 9.17) is 9.47 Å². The molecule has 130 valence electrons. The molecule has 2 heterocycles. The first-order valence-electron chi connectivity index (χ1n) is 7.58. The van der Waals surface area contributed by atoms with Crippen LogP contribution in [0.15, 0.2) is 35.7 Å². The third kappa shape index (κ3) is 3.97. The summed E-state index contributed by atoms with van der Waals surface area (Å²) in [5.41, 5.74) is 1.70. The van der Waals surface area contributed by atoms with E-state index < -0.39 is 0 Å². The Morgan fingerprint density at radius 1 is 1.20 bits per heavy atom. The van der Waals surface area contributed by atoms with Crippen molar-refractivity contribution >= 4 is 28.8 Å². The number of nitrogens with one attached hydrogen (secondary N) is 1. The van der Waals surface area contributed by atoms with Gasteiger partial charge in [0.2, 0.25) is 0 Å². The van der Waals surface area contributed by atoms with Crippen molar-refractivity contribution in [3.63, 3.8) is 0 Å². The summed E-state index contributed by atoms with van der Waals surface area (Å²) in [5, 5.41) is 8.95. The highest BCUT2D eigenvalue weighted by Crippen LogP contribution is 2.28. The molecule has 1 amide bonds. The Bertz CT molecular complexity index is 847. The van der Waals surface area contributed by atoms with Gasteiger partial charge in [-0.25, -0.2) is 0 Å². The molecule has 8 heteroatoms. The molecule has 3 rings (SSSR count). The molecule has 2 aromatic heterocycles. The van der Waals surface area contributed by atoms with Gasteiger partial charge in [-0.1, -0.05) is 16.6 Å². The molecule has 0 atom stereocenters. The third-order valence-electron chi connectivity index (χ3n) is 3.60. The second-order valence-electron chi connectivity index (χ2n) is 5.12. The van der Waals surface area contributed by atoms with E-state index in [2.05, 4.69) is 14.9 Å². The molecule has 0 spiro atoms. The van der Waals surface area contributed by atoms with Crippen LogP contribution in [0, 0.1) is 0 Å². The number of amides is 1. The number of thiophene rings is 1. The standard InChI is InChI=1S/C17H17N3O3S2/c1-22-12-6-5-11(10-13(12)23-2)7-8-18-17(21)16-15(19-20-25-16)14-4-3-9-24-14/h3-6,9-10H,7-8H2,1-2H3,(H,18,21). The van der Waals surface area contributed by atoms with E-state index in [-0.39, 0.29) is 5.91 Å². The molecular weight excluding hydrogens is 358 g/mol. The van der Waals surface area contributed by atoms with Gasteiger partial charge in [-0.15, -0.1) is 16.4 Å². The minimum atomic E-state index is -0.154. The lowest BCUT2D eigenvalue weighted by atomic mass is 10.1. The van der Waals surface area contributed by atoms with E-state index in [1.54, 1.807) is 14.2 Å². The zero-order valence-electron chi connectivity index (χ0n) is 13.8. The second-order valence-corrected chi connectivity index (χ2v) is 6.83. The normalized spacial score (nSPS) is 10.5. The van der Waals surface area contributed by atoms with Gasteiger partial charge in [0.05, 0.1) is 19.1 Å². The Morgan fingerprint density at radius 2 is 2.04 bits per heavy atom. The number of benzene rings is 1. The molecule has 0 radical (unpaired) electrons. The number of nitrogens with zero attached hydrogens (tertiary/aromatic N) is 2. The third-order valence-corrected chi connectivity index (χ3v) is 5.20. The molecule has 25 heavy (non-hydrogen) atoms. The number of rotatable bonds is 7. The average Bonchev–Trinajstić information content (AvgIpc) is 3.32. The molecule has 0 saturated carbocycles. The van der Waals surface area contributed by atoms with Crippen LogP contribution in [0.3, 0.4) is 0 Å². The second kappa shape index (κ2) is 8.09. The summed E-state index contributed by atoms with van der Waals surface area (Å²) in [6, 6.07) is 9.59. The van der Waals surface area contributed by atoms with Crippen LogP contribution in [-0.2, 0) is 6.42 Å². The van der Waals surface area contributed by atoms with E-state index >= 15 is 0 Å². The number of ether oxygens (including phenoxy) is 2. The van der Waals surface area contributed by atoms with Crippen molar-refractivity contribution in [2.75, 3.05) is 20.8 Å². The van der Waals surface area contributed by atoms with Gasteiger partial charge in [0.1, 0.15) is 10.6 Å². The number of carbonyl (C=O) groups excluding carboxylic acids is 1. The molecule has 0 unspecified atom stereocenters. The van der Waals surface area contributed by atoms with E-state index in [0.29, 0.717) is 35.0 Å². The lowest BCUT2D eigenvalue weighted by Gasteiger charge is -2.10. The lowest BCUT2D eigenvalue weighted by Crippen LogP contribution is -2.25. The summed E-state index contributed by atoms with van der Waals surface area (Å²) in [6.45, 7) is 0.510. The fraction of sp³-hybridized carbons (Fsp3) is 0.235. The van der Waals surface area contributed by atoms with E-state index in [0.717, 1.165) is 22.0 Å². The van der Waals surface area contributed by atoms with Crippen LogP contribution in [0.5, 0.6) is 11.5 Å². The fourth-order valence-corrected chi connectivity index (χ4v) is 3.73. The largest absolute Gasteiger partial charge is 0.493 e. The monoisotopic (exact) mass is 375 g/mol. The maximum absolute atomic E-state index is 12.4. The highest BCUT2D eigenvalue weighted by Gasteiger charge is 2.18. The smallest absolute Gasteiger partial charge is 0.265 e. The summed E-state index contributed by atoms with van der Waals surface area (Å²) in [5.74, 6) is 1.21. The maximum Gasteiger partial charge on any atom is 0.265 e. The van der Waals surface area contributed by atoms with Crippen molar-refractivity contribution in [1.82, 2.24) is 14.9 Å². The summed E-state index contributed by atoms with van der Waals surface area (Å²) in [7, 11) is 3.21. The SMILES string of the molecule is COc1ccc(CCNC(=O)c2snnc2-c2cccs2)cc1OC. The van der Waals surface area contributed by atoms with Crippen molar-refractivity contribution in [1.29, 1.82) is 0 Å². The van der Waals surface area contributed by atoms with E-state index in [1.807, 2.05) is 35.7 Å². The molecular formula is C17H17N3O3S2. The zero-order chi connectivity index (χ0) is 17.6. The van der Waals surface area contributed by atoms with Gasteiger partial charge in [-0.05, 0) is 47.1 Å². The van der Waals surface area contributed by atoms with Crippen molar-refractivity contribution in [3.8, 4) is 22.1 Å². The first kappa shape index (κ1) is 17.4. The molecule has 1 aromatic carbocycles. The number of methoxy groups -OCH3 is 2. The molecule has 0 aliphatic carbocycles. The van der Waals surface area contributed by atoms with Crippen LogP contribution in [0.1, 0.15) is 15.2 Å². The van der Waals surface area contributed by atoms with Gasteiger partial charge >= 0.3 is 0 Å². The molecule has 3 aromatic rings. The minimum absolute atomic E-state index is 0.154. The summed E-state index contributed by atoms with van der Waals surface area (Å²) in [6.07, 6.45) is 0.687. The topological polar surface area (TPSA) is 73.3 Å². The van der Waals surface area contributed by atoms with Crippen LogP contribution >= 0.6 is 22.9 Å². The molecule has 6 nitrogen and oxygen atoms in total. The molecule has 0 fully saturated rings. The molecule has 0 aliphatic rings. The van der Waals surface area contributed by atoms with Gasteiger partial charge in [-0.3, -0.25) is 4.79 Å². The Morgan fingerprint density at radius 3 is 2.76 bits per heavy atom. The van der Waals surface area contributed by atoms with E-state index in [9.17, 15) is 4.79 Å². The number of carbonyl (C=O) groups is 1. The maximum atomic E-state index is 12.4. The van der Waals surface area contributed by atoms with Gasteiger partial charge in [0.15, 0.2) is 11.5 Å². The number of aromatic nitrogens is 2. The van der Waals surface area contributed by atoms with Gasteiger partial charge in [0, 0.05) is 6.54 Å². The molecule has 1 N–H and O–H groups in total. The van der Waals surface area contributed by atoms with Crippen molar-refractivity contribution in [2.45, 2.75) is 6.42 Å². The first-order valence-corrected chi connectivity index (χ1v) is 9.23. The Kier molecular flexibility index (Phi) is 5.62. The van der Waals surface area contributed by atoms with E-state index in [1.165, 1.54) is 11.3 Å². The zero-order valence-corrected chi connectivity index (χ0v) is 15.4. The summed E-state index contributed by atoms with van der Waals surface area (Å²) < 4.78 is 14.4. The minimum Gasteiger partial charge on any atom is -0.493 e. The van der Waals surface area contributed by atoms with Crippen LogP contribution in [0.2, 0.25) is 0 Å². The fourth-order valence-electron chi connectivity index (χ4n) is 2.35. The Labute approximate surface area is 153 Å². The average molecular weight is 375 g/mol. The number of hydrogen-bond donors (Lipinski definition) is 1. The highest BCUT2D eigenvalue weighted by atomic mass is 32.1. The van der Waals surface area contributed by atoms with Gasteiger partial charge < -0.3 is 14.8 Å². The predicted molar refractivity (Wildman–Crippen MR) is 98.8 cm³/mol. The van der Waals surface area contributed by atoms with Crippen LogP contribution in [-0.4, -0.2) is 36.3 Å². The molecule has 0 saturated heterocycles. The molecule has 0 bridgehead atoms. The van der Waals surface area contributed by atoms with Crippen molar-refractivity contribution in [3.05, 3.63) is 46.2 Å². The van der Waals surface area contributed by atoms with Crippen molar-refractivity contribution < 1.29 is 14.3 Å². The molecule has 0 aliphatic heterocycles. The number of hydrogen-bond acceptors (Lipinski definition) is 7. The Balaban J connectivity index is 1.61. The van der Waals surface area contributed by atoms with Gasteiger partial charge in [0.25, 0.3) is 5.91 Å². The quantitative estimate of drug-likeness (QED) is 0.686. The summed E-state index contributed by atoms with van der Waals surface area (Å²) >= 11 is 2.65. The highest BCUT2D eigenvalue weighted by molar-refractivity contribution is 7.14. The lowest BCUT2D eigenvalue weighted by molar-refractivity contribution is 0.0958. The van der Waals surface area contributed by atoms with Crippen LogP contribution in [0.25, 0.3) is 10.6 Å². The Hall–Kier alpha value is -2.45. The van der Waals surface area contributed by atoms with Crippen molar-refractivity contribution in [2.24, 2.45) is 0 Å². The van der Waals surface area contributed by atoms with Gasteiger partial charge in [-0.2, -0.15) is 0 Å². The first-order chi connectivity index (χ1) is 12.2. The van der Waals surface area contributed by atoms with Crippen LogP contribution in [0.4, 0.5) is 0 Å². The summed E-state index contributed by atoms with van der Waals surface area (Å²) in [4.78, 5) is 13.9. The van der Waals surface area contributed by atoms with Crippen LogP contribution < -0.4 is 14.8 Å². The predicted octanol–water partition coefficient (Wildman–Crippen LogP) is 3.26.